The summed E-state index contributed by atoms with van der Waals surface area (Å²) < 4.78 is 12.6. The first-order valence-corrected chi connectivity index (χ1v) is 8.26. The molecular formula is C18H19BrO2. The van der Waals surface area contributed by atoms with Gasteiger partial charge in [-0.25, -0.2) is 0 Å². The van der Waals surface area contributed by atoms with Crippen molar-refractivity contribution in [3.05, 3.63) is 71.8 Å². The molecule has 21 heavy (non-hydrogen) atoms. The fraction of sp³-hybridized carbons (Fsp3) is 0.333. The normalized spacial score (nSPS) is 20.1. The maximum absolute atomic E-state index is 6.29. The minimum absolute atomic E-state index is 0.00700. The topological polar surface area (TPSA) is 18.5 Å². The van der Waals surface area contributed by atoms with Gasteiger partial charge in [-0.1, -0.05) is 83.5 Å². The Labute approximate surface area is 134 Å². The van der Waals surface area contributed by atoms with Crippen LogP contribution in [-0.4, -0.2) is 18.5 Å². The Morgan fingerprint density at radius 3 is 1.67 bits per heavy atom. The number of alkyl halides is 1. The lowest BCUT2D eigenvalue weighted by atomic mass is 9.90. The van der Waals surface area contributed by atoms with E-state index in [1.165, 1.54) is 0 Å². The van der Waals surface area contributed by atoms with E-state index >= 15 is 0 Å². The van der Waals surface area contributed by atoms with Crippen molar-refractivity contribution in [3.8, 4) is 0 Å². The molecule has 2 aromatic carbocycles. The molecule has 0 atom stereocenters. The summed E-state index contributed by atoms with van der Waals surface area (Å²) in [5.74, 6) is -0.801. The highest BCUT2D eigenvalue weighted by atomic mass is 79.9. The molecule has 0 spiro atoms. The number of hydrogen-bond donors (Lipinski definition) is 0. The highest BCUT2D eigenvalue weighted by Crippen LogP contribution is 2.42. The number of ether oxygens (including phenoxy) is 2. The van der Waals surface area contributed by atoms with Gasteiger partial charge in [-0.2, -0.15) is 0 Å². The molecule has 1 aliphatic heterocycles. The van der Waals surface area contributed by atoms with Crippen LogP contribution in [0.4, 0.5) is 0 Å². The van der Waals surface area contributed by atoms with E-state index in [2.05, 4.69) is 47.1 Å². The average Bonchev–Trinajstić information content (AvgIpc) is 2.57. The first kappa shape index (κ1) is 14.8. The Bertz CT molecular complexity index is 533. The fourth-order valence-electron chi connectivity index (χ4n) is 2.53. The second-order valence-electron chi connectivity index (χ2n) is 5.87. The Hall–Kier alpha value is -1.16. The maximum Gasteiger partial charge on any atom is 0.222 e. The van der Waals surface area contributed by atoms with E-state index in [0.717, 1.165) is 16.5 Å². The van der Waals surface area contributed by atoms with E-state index in [0.29, 0.717) is 13.2 Å². The van der Waals surface area contributed by atoms with Gasteiger partial charge in [0.15, 0.2) is 0 Å². The van der Waals surface area contributed by atoms with Crippen molar-refractivity contribution in [2.24, 2.45) is 5.41 Å². The second kappa shape index (κ2) is 5.91. The molecule has 0 amide bonds. The number of rotatable bonds is 3. The van der Waals surface area contributed by atoms with Gasteiger partial charge < -0.3 is 9.47 Å². The molecule has 0 N–H and O–H groups in total. The fourth-order valence-corrected chi connectivity index (χ4v) is 2.85. The molecule has 0 aromatic heterocycles. The van der Waals surface area contributed by atoms with Crippen LogP contribution in [0, 0.1) is 5.41 Å². The van der Waals surface area contributed by atoms with Gasteiger partial charge in [-0.15, -0.1) is 0 Å². The molecule has 110 valence electrons. The molecule has 2 nitrogen and oxygen atoms in total. The summed E-state index contributed by atoms with van der Waals surface area (Å²) in [6.45, 7) is 3.48. The van der Waals surface area contributed by atoms with E-state index < -0.39 is 5.79 Å². The Balaban J connectivity index is 2.02. The van der Waals surface area contributed by atoms with Gasteiger partial charge in [0.05, 0.1) is 13.2 Å². The zero-order chi connectivity index (χ0) is 14.8. The number of halogens is 1. The molecule has 0 radical (unpaired) electrons. The highest BCUT2D eigenvalue weighted by Gasteiger charge is 2.44. The van der Waals surface area contributed by atoms with Crippen molar-refractivity contribution in [1.29, 1.82) is 0 Å². The molecule has 0 aliphatic carbocycles. The molecule has 3 rings (SSSR count). The molecule has 1 fully saturated rings. The van der Waals surface area contributed by atoms with Crippen LogP contribution in [-0.2, 0) is 15.3 Å². The van der Waals surface area contributed by atoms with Crippen molar-refractivity contribution < 1.29 is 9.47 Å². The zero-order valence-electron chi connectivity index (χ0n) is 12.1. The number of benzene rings is 2. The average molecular weight is 347 g/mol. The quantitative estimate of drug-likeness (QED) is 0.769. The summed E-state index contributed by atoms with van der Waals surface area (Å²) in [7, 11) is 0. The lowest BCUT2D eigenvalue weighted by molar-refractivity contribution is -0.283. The van der Waals surface area contributed by atoms with E-state index in [4.69, 9.17) is 9.47 Å². The van der Waals surface area contributed by atoms with E-state index in [1.54, 1.807) is 0 Å². The van der Waals surface area contributed by atoms with E-state index in [9.17, 15) is 0 Å². The van der Waals surface area contributed by atoms with Gasteiger partial charge in [0.1, 0.15) is 0 Å². The second-order valence-corrected chi connectivity index (χ2v) is 6.43. The third-order valence-corrected chi connectivity index (χ3v) is 5.23. The maximum atomic E-state index is 6.29. The van der Waals surface area contributed by atoms with Crippen LogP contribution in [0.2, 0.25) is 0 Å². The van der Waals surface area contributed by atoms with Crippen molar-refractivity contribution in [1.82, 2.24) is 0 Å². The van der Waals surface area contributed by atoms with Gasteiger partial charge in [-0.3, -0.25) is 0 Å². The third kappa shape index (κ3) is 2.78. The predicted molar refractivity (Wildman–Crippen MR) is 87.5 cm³/mol. The minimum Gasteiger partial charge on any atom is -0.341 e. The molecule has 0 unspecified atom stereocenters. The molecule has 1 heterocycles. The molecule has 0 bridgehead atoms. The lowest BCUT2D eigenvalue weighted by Crippen LogP contribution is -2.48. The van der Waals surface area contributed by atoms with Gasteiger partial charge in [0.25, 0.3) is 0 Å². The van der Waals surface area contributed by atoms with Crippen LogP contribution in [0.15, 0.2) is 60.7 Å². The Morgan fingerprint density at radius 2 is 1.29 bits per heavy atom. The standard InChI is InChI=1S/C18H19BrO2/c1-17(12-19)13-20-18(21-14-17,15-8-4-2-5-9-15)16-10-6-3-7-11-16/h2-11H,12-14H2,1H3. The molecule has 1 aliphatic rings. The van der Waals surface area contributed by atoms with Gasteiger partial charge in [0, 0.05) is 21.9 Å². The van der Waals surface area contributed by atoms with E-state index in [-0.39, 0.29) is 5.41 Å². The Kier molecular flexibility index (Phi) is 4.16. The third-order valence-electron chi connectivity index (χ3n) is 3.88. The van der Waals surface area contributed by atoms with Crippen LogP contribution in [0.1, 0.15) is 18.1 Å². The van der Waals surface area contributed by atoms with Crippen molar-refractivity contribution >= 4 is 15.9 Å². The van der Waals surface area contributed by atoms with E-state index in [1.807, 2.05) is 36.4 Å². The molecule has 2 aromatic rings. The SMILES string of the molecule is CC1(CBr)COC(c2ccccc2)(c2ccccc2)OC1. The van der Waals surface area contributed by atoms with Crippen LogP contribution >= 0.6 is 15.9 Å². The minimum atomic E-state index is -0.801. The summed E-state index contributed by atoms with van der Waals surface area (Å²) in [6, 6.07) is 20.3. The summed E-state index contributed by atoms with van der Waals surface area (Å²) in [5.41, 5.74) is 2.08. The van der Waals surface area contributed by atoms with Crippen LogP contribution in [0.3, 0.4) is 0 Å². The van der Waals surface area contributed by atoms with Crippen molar-refractivity contribution in [3.63, 3.8) is 0 Å². The van der Waals surface area contributed by atoms with Crippen LogP contribution in [0.25, 0.3) is 0 Å². The largest absolute Gasteiger partial charge is 0.341 e. The lowest BCUT2D eigenvalue weighted by Gasteiger charge is -2.44. The summed E-state index contributed by atoms with van der Waals surface area (Å²) in [6.07, 6.45) is 0. The Morgan fingerprint density at radius 1 is 0.857 bits per heavy atom. The number of hydrogen-bond acceptors (Lipinski definition) is 2. The van der Waals surface area contributed by atoms with Crippen LogP contribution < -0.4 is 0 Å². The smallest absolute Gasteiger partial charge is 0.222 e. The van der Waals surface area contributed by atoms with Gasteiger partial charge in [-0.05, 0) is 0 Å². The van der Waals surface area contributed by atoms with Crippen LogP contribution in [0.5, 0.6) is 0 Å². The monoisotopic (exact) mass is 346 g/mol. The summed E-state index contributed by atoms with van der Waals surface area (Å²) in [5, 5.41) is 0.861. The van der Waals surface area contributed by atoms with Crippen molar-refractivity contribution in [2.45, 2.75) is 12.7 Å². The highest BCUT2D eigenvalue weighted by molar-refractivity contribution is 9.09. The zero-order valence-corrected chi connectivity index (χ0v) is 13.7. The summed E-state index contributed by atoms with van der Waals surface area (Å²) >= 11 is 3.56. The first-order chi connectivity index (χ1) is 10.2. The van der Waals surface area contributed by atoms with Gasteiger partial charge in [0.2, 0.25) is 5.79 Å². The molecule has 3 heteroatoms. The predicted octanol–water partition coefficient (Wildman–Crippen LogP) is 4.34. The molecule has 1 saturated heterocycles. The first-order valence-electron chi connectivity index (χ1n) is 7.13. The molecule has 0 saturated carbocycles. The summed E-state index contributed by atoms with van der Waals surface area (Å²) in [4.78, 5) is 0. The van der Waals surface area contributed by atoms with Crippen molar-refractivity contribution in [2.75, 3.05) is 18.5 Å². The van der Waals surface area contributed by atoms with Gasteiger partial charge >= 0.3 is 0 Å². The molecular weight excluding hydrogens is 328 g/mol.